The summed E-state index contributed by atoms with van der Waals surface area (Å²) in [4.78, 5) is 0. The van der Waals surface area contributed by atoms with Crippen LogP contribution in [0.15, 0.2) is 18.2 Å². The van der Waals surface area contributed by atoms with E-state index >= 15 is 0 Å². The van der Waals surface area contributed by atoms with Crippen molar-refractivity contribution in [1.29, 1.82) is 0 Å². The average molecular weight is 284 g/mol. The van der Waals surface area contributed by atoms with Crippen molar-refractivity contribution in [2.75, 3.05) is 6.54 Å². The summed E-state index contributed by atoms with van der Waals surface area (Å²) < 4.78 is 14.2. The Labute approximate surface area is 120 Å². The molecule has 19 heavy (non-hydrogen) atoms. The Bertz CT molecular complexity index is 421. The standard InChI is InChI=1S/C16H23ClFN/c1-3-9-19-16(13-6-4-5-11(13)2)14-8-7-12(17)10-15(14)18/h7-8,10-11,13,16,19H,3-6,9H2,1-2H3. The van der Waals surface area contributed by atoms with E-state index in [2.05, 4.69) is 19.2 Å². The highest BCUT2D eigenvalue weighted by Gasteiger charge is 2.32. The molecule has 3 heteroatoms. The quantitative estimate of drug-likeness (QED) is 0.806. The van der Waals surface area contributed by atoms with Crippen molar-refractivity contribution in [2.24, 2.45) is 11.8 Å². The molecule has 1 fully saturated rings. The first kappa shape index (κ1) is 14.8. The van der Waals surface area contributed by atoms with Gasteiger partial charge in [0.2, 0.25) is 0 Å². The third-order valence-corrected chi connectivity index (χ3v) is 4.50. The molecule has 0 saturated heterocycles. The fourth-order valence-corrected chi connectivity index (χ4v) is 3.37. The SMILES string of the molecule is CCCNC(c1ccc(Cl)cc1F)C1CCCC1C. The highest BCUT2D eigenvalue weighted by atomic mass is 35.5. The fourth-order valence-electron chi connectivity index (χ4n) is 3.21. The van der Waals surface area contributed by atoms with Crippen LogP contribution < -0.4 is 5.32 Å². The molecule has 0 radical (unpaired) electrons. The Morgan fingerprint density at radius 2 is 2.21 bits per heavy atom. The third-order valence-electron chi connectivity index (χ3n) is 4.27. The smallest absolute Gasteiger partial charge is 0.129 e. The van der Waals surface area contributed by atoms with Crippen LogP contribution in [0.25, 0.3) is 0 Å². The number of nitrogens with one attached hydrogen (secondary N) is 1. The molecule has 0 spiro atoms. The van der Waals surface area contributed by atoms with Gasteiger partial charge in [-0.15, -0.1) is 0 Å². The van der Waals surface area contributed by atoms with Crippen LogP contribution in [0.2, 0.25) is 5.02 Å². The van der Waals surface area contributed by atoms with Crippen LogP contribution in [-0.2, 0) is 0 Å². The zero-order valence-electron chi connectivity index (χ0n) is 11.8. The second kappa shape index (κ2) is 6.71. The lowest BCUT2D eigenvalue weighted by atomic mass is 9.85. The molecule has 0 aliphatic heterocycles. The van der Waals surface area contributed by atoms with E-state index in [0.29, 0.717) is 16.9 Å². The van der Waals surface area contributed by atoms with Crippen LogP contribution >= 0.6 is 11.6 Å². The van der Waals surface area contributed by atoms with E-state index < -0.39 is 0 Å². The second-order valence-electron chi connectivity index (χ2n) is 5.67. The summed E-state index contributed by atoms with van der Waals surface area (Å²) in [7, 11) is 0. The van der Waals surface area contributed by atoms with Crippen LogP contribution in [0.1, 0.15) is 51.1 Å². The van der Waals surface area contributed by atoms with Gasteiger partial charge >= 0.3 is 0 Å². The summed E-state index contributed by atoms with van der Waals surface area (Å²) in [5.74, 6) is 1.01. The molecule has 1 saturated carbocycles. The molecule has 106 valence electrons. The van der Waals surface area contributed by atoms with Crippen molar-refractivity contribution < 1.29 is 4.39 Å². The predicted molar refractivity (Wildman–Crippen MR) is 78.9 cm³/mol. The Hall–Kier alpha value is -0.600. The summed E-state index contributed by atoms with van der Waals surface area (Å²) in [5.41, 5.74) is 0.775. The molecule has 0 bridgehead atoms. The molecule has 0 amide bonds. The van der Waals surface area contributed by atoms with Gasteiger partial charge in [0, 0.05) is 16.6 Å². The lowest BCUT2D eigenvalue weighted by Gasteiger charge is -2.29. The second-order valence-corrected chi connectivity index (χ2v) is 6.11. The van der Waals surface area contributed by atoms with E-state index in [-0.39, 0.29) is 11.9 Å². The Morgan fingerprint density at radius 3 is 2.79 bits per heavy atom. The van der Waals surface area contributed by atoms with Gasteiger partial charge in [0.1, 0.15) is 5.82 Å². The minimum atomic E-state index is -0.180. The van der Waals surface area contributed by atoms with E-state index in [4.69, 9.17) is 11.6 Å². The minimum absolute atomic E-state index is 0.120. The van der Waals surface area contributed by atoms with Crippen molar-refractivity contribution in [2.45, 2.75) is 45.6 Å². The van der Waals surface area contributed by atoms with Crippen LogP contribution in [0.5, 0.6) is 0 Å². The number of hydrogen-bond donors (Lipinski definition) is 1. The summed E-state index contributed by atoms with van der Waals surface area (Å²) >= 11 is 5.85. The Kier molecular flexibility index (Phi) is 5.23. The van der Waals surface area contributed by atoms with Gasteiger partial charge in [0.15, 0.2) is 0 Å². The predicted octanol–water partition coefficient (Wildman–Crippen LogP) is 4.96. The number of halogens is 2. The summed E-state index contributed by atoms with van der Waals surface area (Å²) in [6, 6.07) is 5.18. The molecular weight excluding hydrogens is 261 g/mol. The Morgan fingerprint density at radius 1 is 1.42 bits per heavy atom. The van der Waals surface area contributed by atoms with Crippen LogP contribution in [0.4, 0.5) is 4.39 Å². The molecule has 1 aromatic rings. The molecule has 1 aromatic carbocycles. The van der Waals surface area contributed by atoms with Gasteiger partial charge < -0.3 is 5.32 Å². The van der Waals surface area contributed by atoms with Gasteiger partial charge in [-0.3, -0.25) is 0 Å². The zero-order valence-corrected chi connectivity index (χ0v) is 12.5. The first-order valence-corrected chi connectivity index (χ1v) is 7.69. The fraction of sp³-hybridized carbons (Fsp3) is 0.625. The maximum atomic E-state index is 14.2. The van der Waals surface area contributed by atoms with Gasteiger partial charge in [-0.05, 0) is 43.4 Å². The topological polar surface area (TPSA) is 12.0 Å². The van der Waals surface area contributed by atoms with Gasteiger partial charge in [0.25, 0.3) is 0 Å². The normalized spacial score (nSPS) is 24.6. The van der Waals surface area contributed by atoms with Gasteiger partial charge in [-0.1, -0.05) is 44.4 Å². The highest BCUT2D eigenvalue weighted by molar-refractivity contribution is 6.30. The molecule has 1 N–H and O–H groups in total. The first-order chi connectivity index (χ1) is 9.13. The summed E-state index contributed by atoms with van der Waals surface area (Å²) in [6.45, 7) is 5.35. The lowest BCUT2D eigenvalue weighted by Crippen LogP contribution is -2.31. The molecule has 1 aliphatic rings. The maximum absolute atomic E-state index is 14.2. The Balaban J connectivity index is 2.25. The van der Waals surface area contributed by atoms with E-state index in [9.17, 15) is 4.39 Å². The minimum Gasteiger partial charge on any atom is -0.310 e. The monoisotopic (exact) mass is 283 g/mol. The van der Waals surface area contributed by atoms with E-state index in [1.54, 1.807) is 6.07 Å². The van der Waals surface area contributed by atoms with E-state index in [1.807, 2.05) is 6.07 Å². The molecular formula is C16H23ClFN. The molecule has 0 aromatic heterocycles. The van der Waals surface area contributed by atoms with E-state index in [0.717, 1.165) is 18.5 Å². The van der Waals surface area contributed by atoms with Crippen molar-refractivity contribution >= 4 is 11.6 Å². The first-order valence-electron chi connectivity index (χ1n) is 7.31. The average Bonchev–Trinajstić information content (AvgIpc) is 2.78. The van der Waals surface area contributed by atoms with Gasteiger partial charge in [-0.25, -0.2) is 4.39 Å². The van der Waals surface area contributed by atoms with Crippen molar-refractivity contribution in [3.8, 4) is 0 Å². The lowest BCUT2D eigenvalue weighted by molar-refractivity contribution is 0.295. The molecule has 1 aliphatic carbocycles. The van der Waals surface area contributed by atoms with Crippen molar-refractivity contribution in [1.82, 2.24) is 5.32 Å². The molecule has 1 nitrogen and oxygen atoms in total. The van der Waals surface area contributed by atoms with Gasteiger partial charge in [-0.2, -0.15) is 0 Å². The largest absolute Gasteiger partial charge is 0.310 e. The number of benzene rings is 1. The van der Waals surface area contributed by atoms with Crippen molar-refractivity contribution in [3.05, 3.63) is 34.6 Å². The zero-order chi connectivity index (χ0) is 13.8. The van der Waals surface area contributed by atoms with E-state index in [1.165, 1.54) is 25.3 Å². The molecule has 0 heterocycles. The number of rotatable bonds is 5. The summed E-state index contributed by atoms with van der Waals surface area (Å²) in [5, 5.41) is 4.00. The van der Waals surface area contributed by atoms with Gasteiger partial charge in [0.05, 0.1) is 0 Å². The third kappa shape index (κ3) is 3.49. The molecule has 2 rings (SSSR count). The molecule has 3 unspecified atom stereocenters. The highest BCUT2D eigenvalue weighted by Crippen LogP contribution is 2.40. The van der Waals surface area contributed by atoms with Crippen LogP contribution in [0, 0.1) is 17.7 Å². The van der Waals surface area contributed by atoms with Crippen LogP contribution in [0.3, 0.4) is 0 Å². The molecule has 3 atom stereocenters. The summed E-state index contributed by atoms with van der Waals surface area (Å²) in [6.07, 6.45) is 4.76. The maximum Gasteiger partial charge on any atom is 0.129 e. The number of hydrogen-bond acceptors (Lipinski definition) is 1. The van der Waals surface area contributed by atoms with Crippen LogP contribution in [-0.4, -0.2) is 6.54 Å². The van der Waals surface area contributed by atoms with Crippen molar-refractivity contribution in [3.63, 3.8) is 0 Å².